The number of fused-ring (bicyclic) bond motifs is 1. The monoisotopic (exact) mass is 368 g/mol. The van der Waals surface area contributed by atoms with Gasteiger partial charge in [0, 0.05) is 23.6 Å². The van der Waals surface area contributed by atoms with Gasteiger partial charge in [-0.15, -0.1) is 12.4 Å². The number of halogens is 1. The minimum atomic E-state index is -0.760. The van der Waals surface area contributed by atoms with E-state index in [1.165, 1.54) is 14.2 Å². The Morgan fingerprint density at radius 1 is 1.12 bits per heavy atom. The van der Waals surface area contributed by atoms with Crippen molar-refractivity contribution in [3.05, 3.63) is 36.4 Å². The van der Waals surface area contributed by atoms with Crippen LogP contribution in [0, 0.1) is 0 Å². The van der Waals surface area contributed by atoms with Gasteiger partial charge in [-0.1, -0.05) is 24.3 Å². The van der Waals surface area contributed by atoms with Gasteiger partial charge in [0.15, 0.2) is 6.61 Å². The third kappa shape index (κ3) is 5.32. The van der Waals surface area contributed by atoms with Crippen LogP contribution in [0.1, 0.15) is 0 Å². The highest BCUT2D eigenvalue weighted by molar-refractivity contribution is 6.05. The zero-order valence-corrected chi connectivity index (χ0v) is 14.8. The van der Waals surface area contributed by atoms with Gasteiger partial charge in [0.1, 0.15) is 11.8 Å². The van der Waals surface area contributed by atoms with Gasteiger partial charge in [-0.25, -0.2) is 4.79 Å². The summed E-state index contributed by atoms with van der Waals surface area (Å²) < 4.78 is 14.9. The summed E-state index contributed by atoms with van der Waals surface area (Å²) in [6, 6.07) is 10.00. The summed E-state index contributed by atoms with van der Waals surface area (Å²) in [5, 5.41) is 4.32. The van der Waals surface area contributed by atoms with Gasteiger partial charge in [-0.2, -0.15) is 0 Å². The molecule has 0 spiro atoms. The average molecular weight is 369 g/mol. The van der Waals surface area contributed by atoms with E-state index in [1.54, 1.807) is 12.1 Å². The molecule has 0 heterocycles. The number of nitrogens with one attached hydrogen (secondary N) is 1. The highest BCUT2D eigenvalue weighted by Gasteiger charge is 2.15. The normalized spacial score (nSPS) is 11.3. The van der Waals surface area contributed by atoms with Crippen molar-refractivity contribution >= 4 is 40.7 Å². The van der Waals surface area contributed by atoms with E-state index in [-0.39, 0.29) is 31.5 Å². The molecule has 8 heteroatoms. The number of carbonyl (C=O) groups excluding carboxylic acids is 2. The van der Waals surface area contributed by atoms with E-state index < -0.39 is 12.0 Å². The number of ether oxygens (including phenoxy) is 3. The maximum Gasteiger partial charge on any atom is 0.343 e. The van der Waals surface area contributed by atoms with Gasteiger partial charge in [-0.05, 0) is 12.1 Å². The topological polar surface area (TPSA) is 99.9 Å². The average Bonchev–Trinajstić information content (AvgIpc) is 2.60. The first kappa shape index (κ1) is 20.7. The predicted molar refractivity (Wildman–Crippen MR) is 97.2 cm³/mol. The van der Waals surface area contributed by atoms with Gasteiger partial charge in [0.2, 0.25) is 5.91 Å². The van der Waals surface area contributed by atoms with E-state index in [2.05, 4.69) is 10.1 Å². The number of anilines is 1. The smallest absolute Gasteiger partial charge is 0.343 e. The quantitative estimate of drug-likeness (QED) is 0.722. The number of benzene rings is 2. The minimum absolute atomic E-state index is 0. The van der Waals surface area contributed by atoms with E-state index >= 15 is 0 Å². The summed E-state index contributed by atoms with van der Waals surface area (Å²) in [4.78, 5) is 23.3. The second-order valence-corrected chi connectivity index (χ2v) is 5.07. The first-order valence-electron chi connectivity index (χ1n) is 7.33. The van der Waals surface area contributed by atoms with Crippen molar-refractivity contribution in [3.63, 3.8) is 0 Å². The summed E-state index contributed by atoms with van der Waals surface area (Å²) >= 11 is 0. The molecule has 7 nitrogen and oxygen atoms in total. The molecule has 3 N–H and O–H groups in total. The standard InChI is InChI=1S/C17H20N2O5.ClH/c1-22-9-13(18)17(21)19-14-7-8-15(24-10-16(20)23-2)12-6-4-3-5-11(12)14;/h3-8,13H,9-10,18H2,1-2H3,(H,19,21);1H. The highest BCUT2D eigenvalue weighted by Crippen LogP contribution is 2.31. The number of hydrogen-bond donors (Lipinski definition) is 2. The van der Waals surface area contributed by atoms with Crippen LogP contribution in [-0.2, 0) is 19.1 Å². The Bertz CT molecular complexity index is 738. The number of carbonyl (C=O) groups is 2. The molecule has 0 aliphatic heterocycles. The van der Waals surface area contributed by atoms with Gasteiger partial charge < -0.3 is 25.3 Å². The van der Waals surface area contributed by atoms with Crippen molar-refractivity contribution in [2.75, 3.05) is 32.8 Å². The lowest BCUT2D eigenvalue weighted by Gasteiger charge is -2.15. The molecule has 0 aliphatic rings. The molecule has 136 valence electrons. The van der Waals surface area contributed by atoms with Gasteiger partial charge in [0.25, 0.3) is 0 Å². The molecule has 2 aromatic rings. The molecule has 0 saturated heterocycles. The zero-order chi connectivity index (χ0) is 17.5. The number of nitrogens with two attached hydrogens (primary N) is 1. The Balaban J connectivity index is 0.00000312. The molecule has 2 aromatic carbocycles. The Morgan fingerprint density at radius 2 is 1.80 bits per heavy atom. The molecule has 0 saturated carbocycles. The van der Waals surface area contributed by atoms with Crippen LogP contribution in [0.15, 0.2) is 36.4 Å². The third-order valence-corrected chi connectivity index (χ3v) is 3.40. The van der Waals surface area contributed by atoms with Crippen molar-refractivity contribution in [2.24, 2.45) is 5.73 Å². The maximum atomic E-state index is 12.1. The summed E-state index contributed by atoms with van der Waals surface area (Å²) in [5.41, 5.74) is 6.34. The van der Waals surface area contributed by atoms with E-state index in [4.69, 9.17) is 15.2 Å². The highest BCUT2D eigenvalue weighted by atomic mass is 35.5. The Morgan fingerprint density at radius 3 is 2.44 bits per heavy atom. The van der Waals surface area contributed by atoms with Gasteiger partial charge in [-0.3, -0.25) is 4.79 Å². The van der Waals surface area contributed by atoms with E-state index in [0.717, 1.165) is 10.8 Å². The molecule has 25 heavy (non-hydrogen) atoms. The van der Waals surface area contributed by atoms with Crippen molar-refractivity contribution in [3.8, 4) is 5.75 Å². The maximum absolute atomic E-state index is 12.1. The van der Waals surface area contributed by atoms with Crippen molar-refractivity contribution in [1.29, 1.82) is 0 Å². The molecular formula is C17H21ClN2O5. The fraction of sp³-hybridized carbons (Fsp3) is 0.294. The SMILES string of the molecule is COCC(N)C(=O)Nc1ccc(OCC(=O)OC)c2ccccc12.Cl. The first-order chi connectivity index (χ1) is 11.6. The molecule has 1 amide bonds. The molecule has 1 atom stereocenters. The molecule has 0 aliphatic carbocycles. The van der Waals surface area contributed by atoms with Crippen LogP contribution in [0.3, 0.4) is 0 Å². The van der Waals surface area contributed by atoms with Crippen LogP contribution >= 0.6 is 12.4 Å². The lowest BCUT2D eigenvalue weighted by atomic mass is 10.1. The van der Waals surface area contributed by atoms with Crippen LogP contribution in [0.2, 0.25) is 0 Å². The fourth-order valence-corrected chi connectivity index (χ4v) is 2.18. The summed E-state index contributed by atoms with van der Waals surface area (Å²) in [6.07, 6.45) is 0. The molecule has 0 fully saturated rings. The second kappa shape index (κ2) is 9.83. The number of methoxy groups -OCH3 is 2. The zero-order valence-electron chi connectivity index (χ0n) is 14.0. The van der Waals surface area contributed by atoms with Crippen LogP contribution < -0.4 is 15.8 Å². The molecule has 2 rings (SSSR count). The number of esters is 1. The molecule has 1 unspecified atom stereocenters. The molecular weight excluding hydrogens is 348 g/mol. The predicted octanol–water partition coefficient (Wildman–Crippen LogP) is 1.73. The Kier molecular flexibility index (Phi) is 8.13. The molecule has 0 aromatic heterocycles. The summed E-state index contributed by atoms with van der Waals surface area (Å²) in [6.45, 7) is -0.0605. The number of hydrogen-bond acceptors (Lipinski definition) is 6. The number of rotatable bonds is 7. The van der Waals surface area contributed by atoms with Crippen LogP contribution in [0.25, 0.3) is 10.8 Å². The molecule has 0 radical (unpaired) electrons. The molecule has 0 bridgehead atoms. The second-order valence-electron chi connectivity index (χ2n) is 5.07. The van der Waals surface area contributed by atoms with E-state index in [9.17, 15) is 9.59 Å². The minimum Gasteiger partial charge on any atom is -0.481 e. The number of amides is 1. The van der Waals surface area contributed by atoms with Gasteiger partial charge in [0.05, 0.1) is 13.7 Å². The van der Waals surface area contributed by atoms with Crippen molar-refractivity contribution in [1.82, 2.24) is 0 Å². The first-order valence-corrected chi connectivity index (χ1v) is 7.33. The fourth-order valence-electron chi connectivity index (χ4n) is 2.18. The Labute approximate surface area is 151 Å². The Hall–Kier alpha value is -2.35. The van der Waals surface area contributed by atoms with Crippen LogP contribution in [-0.4, -0.2) is 45.4 Å². The van der Waals surface area contributed by atoms with E-state index in [1.807, 2.05) is 24.3 Å². The van der Waals surface area contributed by atoms with Crippen molar-refractivity contribution < 1.29 is 23.8 Å². The van der Waals surface area contributed by atoms with Crippen LogP contribution in [0.5, 0.6) is 5.75 Å². The van der Waals surface area contributed by atoms with Crippen molar-refractivity contribution in [2.45, 2.75) is 6.04 Å². The lowest BCUT2D eigenvalue weighted by Crippen LogP contribution is -2.39. The largest absolute Gasteiger partial charge is 0.481 e. The summed E-state index contributed by atoms with van der Waals surface area (Å²) in [7, 11) is 2.78. The third-order valence-electron chi connectivity index (χ3n) is 3.40. The van der Waals surface area contributed by atoms with Gasteiger partial charge >= 0.3 is 5.97 Å². The van der Waals surface area contributed by atoms with E-state index in [0.29, 0.717) is 11.4 Å². The van der Waals surface area contributed by atoms with Crippen LogP contribution in [0.4, 0.5) is 5.69 Å². The summed E-state index contributed by atoms with van der Waals surface area (Å²) in [5.74, 6) is -0.289. The lowest BCUT2D eigenvalue weighted by molar-refractivity contribution is -0.142.